The molecule has 2 heterocycles. The van der Waals surface area contributed by atoms with E-state index < -0.39 is 0 Å². The summed E-state index contributed by atoms with van der Waals surface area (Å²) < 4.78 is 5.71. The van der Waals surface area contributed by atoms with Crippen molar-refractivity contribution in [2.45, 2.75) is 38.4 Å². The zero-order chi connectivity index (χ0) is 9.26. The van der Waals surface area contributed by atoms with Gasteiger partial charge in [-0.2, -0.15) is 11.8 Å². The van der Waals surface area contributed by atoms with Gasteiger partial charge in [-0.15, -0.1) is 0 Å². The van der Waals surface area contributed by atoms with Crippen LogP contribution in [-0.4, -0.2) is 29.5 Å². The Balaban J connectivity index is 1.81. The Morgan fingerprint density at radius 2 is 2.38 bits per heavy atom. The molecule has 0 bridgehead atoms. The lowest BCUT2D eigenvalue weighted by Crippen LogP contribution is -2.19. The molecule has 3 atom stereocenters. The molecule has 74 valence electrons. The van der Waals surface area contributed by atoms with Crippen molar-refractivity contribution >= 4 is 17.5 Å². The van der Waals surface area contributed by atoms with Crippen molar-refractivity contribution in [1.82, 2.24) is 0 Å². The molecule has 2 nitrogen and oxygen atoms in total. The van der Waals surface area contributed by atoms with Crippen LogP contribution in [-0.2, 0) is 9.53 Å². The first-order valence-corrected chi connectivity index (χ1v) is 6.17. The van der Waals surface area contributed by atoms with Gasteiger partial charge in [-0.05, 0) is 26.2 Å². The van der Waals surface area contributed by atoms with Crippen LogP contribution in [0.25, 0.3) is 0 Å². The highest BCUT2D eigenvalue weighted by molar-refractivity contribution is 8.00. The van der Waals surface area contributed by atoms with E-state index in [2.05, 4.69) is 6.92 Å². The highest BCUT2D eigenvalue weighted by Gasteiger charge is 2.31. The van der Waals surface area contributed by atoms with Gasteiger partial charge in [-0.25, -0.2) is 0 Å². The Labute approximate surface area is 83.4 Å². The number of ketones is 1. The summed E-state index contributed by atoms with van der Waals surface area (Å²) >= 11 is 1.77. The summed E-state index contributed by atoms with van der Waals surface area (Å²) in [7, 11) is 0. The molecule has 0 saturated carbocycles. The summed E-state index contributed by atoms with van der Waals surface area (Å²) in [5.74, 6) is 2.48. The van der Waals surface area contributed by atoms with E-state index in [0.717, 1.165) is 24.3 Å². The first-order chi connectivity index (χ1) is 6.25. The molecular weight excluding hydrogens is 184 g/mol. The first kappa shape index (κ1) is 9.53. The Hall–Kier alpha value is -0.0200. The number of hydrogen-bond donors (Lipinski definition) is 0. The van der Waals surface area contributed by atoms with Gasteiger partial charge in [0.2, 0.25) is 0 Å². The maximum atomic E-state index is 11.4. The number of hydrogen-bond acceptors (Lipinski definition) is 3. The van der Waals surface area contributed by atoms with Crippen molar-refractivity contribution < 1.29 is 9.53 Å². The Kier molecular flexibility index (Phi) is 2.94. The second-order valence-electron chi connectivity index (χ2n) is 4.06. The fourth-order valence-corrected chi connectivity index (χ4v) is 3.25. The Morgan fingerprint density at radius 3 is 2.92 bits per heavy atom. The summed E-state index contributed by atoms with van der Waals surface area (Å²) in [6, 6.07) is 0. The van der Waals surface area contributed by atoms with E-state index in [1.165, 1.54) is 6.42 Å². The number of Topliss-reactive ketones (excluding diaryl/α,β-unsaturated/α-hetero) is 1. The Bertz CT molecular complexity index is 205. The summed E-state index contributed by atoms with van der Waals surface area (Å²) in [6.07, 6.45) is 4.06. The summed E-state index contributed by atoms with van der Waals surface area (Å²) in [6.45, 7) is 2.12. The lowest BCUT2D eigenvalue weighted by atomic mass is 9.98. The maximum absolute atomic E-state index is 11.4. The van der Waals surface area contributed by atoms with Crippen molar-refractivity contribution in [2.24, 2.45) is 5.92 Å². The van der Waals surface area contributed by atoms with Gasteiger partial charge in [0.1, 0.15) is 5.78 Å². The van der Waals surface area contributed by atoms with E-state index in [-0.39, 0.29) is 0 Å². The van der Waals surface area contributed by atoms with Gasteiger partial charge in [0.05, 0.1) is 18.0 Å². The lowest BCUT2D eigenvalue weighted by Gasteiger charge is -2.14. The molecule has 0 aromatic heterocycles. The molecule has 2 aliphatic heterocycles. The normalized spacial score (nSPS) is 40.1. The molecule has 2 rings (SSSR count). The molecule has 2 aliphatic rings. The standard InChI is InChI=1S/C10H16O2S/c1-7-2-3-9(12-7)4-8-5-13-6-10(8)11/h7-9H,2-6H2,1H3. The van der Waals surface area contributed by atoms with Gasteiger partial charge in [-0.3, -0.25) is 4.79 Å². The minimum absolute atomic E-state index is 0.292. The second kappa shape index (κ2) is 4.01. The third-order valence-corrected chi connectivity index (χ3v) is 4.01. The number of ether oxygens (including phenoxy) is 1. The van der Waals surface area contributed by atoms with E-state index >= 15 is 0 Å². The van der Waals surface area contributed by atoms with Crippen molar-refractivity contribution in [3.63, 3.8) is 0 Å². The van der Waals surface area contributed by atoms with Gasteiger partial charge in [0.15, 0.2) is 0 Å². The average Bonchev–Trinajstić information content (AvgIpc) is 2.64. The molecule has 0 radical (unpaired) electrons. The number of carbonyl (C=O) groups excluding carboxylic acids is 1. The van der Waals surface area contributed by atoms with Crippen LogP contribution in [0.1, 0.15) is 26.2 Å². The third kappa shape index (κ3) is 2.26. The SMILES string of the molecule is CC1CCC(CC2CSCC2=O)O1. The summed E-state index contributed by atoms with van der Waals surface area (Å²) in [5, 5.41) is 0. The number of carbonyl (C=O) groups is 1. The van der Waals surface area contributed by atoms with Gasteiger partial charge >= 0.3 is 0 Å². The predicted molar refractivity (Wildman–Crippen MR) is 54.0 cm³/mol. The van der Waals surface area contributed by atoms with E-state index in [0.29, 0.717) is 23.9 Å². The molecule has 0 aromatic rings. The smallest absolute Gasteiger partial charge is 0.146 e. The van der Waals surface area contributed by atoms with E-state index in [1.54, 1.807) is 11.8 Å². The van der Waals surface area contributed by atoms with Crippen LogP contribution >= 0.6 is 11.8 Å². The molecular formula is C10H16O2S. The zero-order valence-corrected chi connectivity index (χ0v) is 8.81. The topological polar surface area (TPSA) is 26.3 Å². The van der Waals surface area contributed by atoms with Crippen LogP contribution in [0, 0.1) is 5.92 Å². The van der Waals surface area contributed by atoms with E-state index in [1.807, 2.05) is 0 Å². The Morgan fingerprint density at radius 1 is 1.54 bits per heavy atom. The molecule has 3 heteroatoms. The average molecular weight is 200 g/mol. The summed E-state index contributed by atoms with van der Waals surface area (Å²) in [5.41, 5.74) is 0. The van der Waals surface area contributed by atoms with Gasteiger partial charge in [0.25, 0.3) is 0 Å². The fourth-order valence-electron chi connectivity index (χ4n) is 2.09. The number of thioether (sulfide) groups is 1. The van der Waals surface area contributed by atoms with Crippen molar-refractivity contribution in [3.05, 3.63) is 0 Å². The molecule has 2 saturated heterocycles. The number of rotatable bonds is 2. The van der Waals surface area contributed by atoms with Crippen LogP contribution in [0.3, 0.4) is 0 Å². The molecule has 0 aromatic carbocycles. The van der Waals surface area contributed by atoms with Crippen LogP contribution in [0.2, 0.25) is 0 Å². The molecule has 0 aliphatic carbocycles. The van der Waals surface area contributed by atoms with E-state index in [9.17, 15) is 4.79 Å². The monoisotopic (exact) mass is 200 g/mol. The molecule has 13 heavy (non-hydrogen) atoms. The lowest BCUT2D eigenvalue weighted by molar-refractivity contribution is -0.120. The second-order valence-corrected chi connectivity index (χ2v) is 5.09. The largest absolute Gasteiger partial charge is 0.375 e. The van der Waals surface area contributed by atoms with Gasteiger partial charge in [0, 0.05) is 11.7 Å². The van der Waals surface area contributed by atoms with Crippen molar-refractivity contribution in [1.29, 1.82) is 0 Å². The van der Waals surface area contributed by atoms with Crippen LogP contribution in [0.15, 0.2) is 0 Å². The third-order valence-electron chi connectivity index (χ3n) is 2.89. The molecule has 2 fully saturated rings. The first-order valence-electron chi connectivity index (χ1n) is 5.01. The van der Waals surface area contributed by atoms with Crippen molar-refractivity contribution in [2.75, 3.05) is 11.5 Å². The highest BCUT2D eigenvalue weighted by atomic mass is 32.2. The predicted octanol–water partition coefficient (Wildman–Crippen LogP) is 1.88. The van der Waals surface area contributed by atoms with Crippen molar-refractivity contribution in [3.8, 4) is 0 Å². The quantitative estimate of drug-likeness (QED) is 0.680. The van der Waals surface area contributed by atoms with E-state index in [4.69, 9.17) is 4.74 Å². The fraction of sp³-hybridized carbons (Fsp3) is 0.900. The van der Waals surface area contributed by atoms with Gasteiger partial charge < -0.3 is 4.74 Å². The summed E-state index contributed by atoms with van der Waals surface area (Å²) in [4.78, 5) is 11.4. The molecule has 3 unspecified atom stereocenters. The highest BCUT2D eigenvalue weighted by Crippen LogP contribution is 2.30. The molecule has 0 amide bonds. The molecule has 0 N–H and O–H groups in total. The van der Waals surface area contributed by atoms with Gasteiger partial charge in [-0.1, -0.05) is 0 Å². The minimum Gasteiger partial charge on any atom is -0.375 e. The van der Waals surface area contributed by atoms with Crippen LogP contribution < -0.4 is 0 Å². The minimum atomic E-state index is 0.292. The van der Waals surface area contributed by atoms with Crippen LogP contribution in [0.5, 0.6) is 0 Å². The molecule has 0 spiro atoms. The van der Waals surface area contributed by atoms with Crippen LogP contribution in [0.4, 0.5) is 0 Å². The zero-order valence-electron chi connectivity index (χ0n) is 7.99. The maximum Gasteiger partial charge on any atom is 0.146 e.